The molecule has 0 fully saturated rings. The Hall–Kier alpha value is -2.22. The molecular weight excluding hydrogens is 212 g/mol. The van der Waals surface area contributed by atoms with Gasteiger partial charge in [-0.2, -0.15) is 0 Å². The number of aromatic hydroxyl groups is 1. The highest BCUT2D eigenvalue weighted by Gasteiger charge is 2.18. The standard InChI is InChI=1S/C15H16O2/c1-6-10-11(7-2)13(9-4)15(17-5)14(16)12(10)8-3/h6-9,16H,1-4H2,5H3. The average molecular weight is 228 g/mol. The van der Waals surface area contributed by atoms with Crippen molar-refractivity contribution in [1.82, 2.24) is 0 Å². The first-order valence-electron chi connectivity index (χ1n) is 5.12. The first-order valence-corrected chi connectivity index (χ1v) is 5.12. The lowest BCUT2D eigenvalue weighted by Gasteiger charge is -2.16. The fourth-order valence-corrected chi connectivity index (χ4v) is 1.85. The molecule has 0 aliphatic rings. The molecule has 0 saturated carbocycles. The van der Waals surface area contributed by atoms with Crippen molar-refractivity contribution in [1.29, 1.82) is 0 Å². The molecule has 0 spiro atoms. The molecule has 0 heterocycles. The van der Waals surface area contributed by atoms with Crippen LogP contribution in [0.25, 0.3) is 24.3 Å². The average Bonchev–Trinajstić information content (AvgIpc) is 2.36. The van der Waals surface area contributed by atoms with Gasteiger partial charge in [-0.1, -0.05) is 50.6 Å². The van der Waals surface area contributed by atoms with Crippen LogP contribution in [0.4, 0.5) is 0 Å². The van der Waals surface area contributed by atoms with Crippen molar-refractivity contribution in [3.8, 4) is 11.5 Å². The van der Waals surface area contributed by atoms with E-state index < -0.39 is 0 Å². The Morgan fingerprint density at radius 1 is 0.824 bits per heavy atom. The predicted molar refractivity (Wildman–Crippen MR) is 75.0 cm³/mol. The van der Waals surface area contributed by atoms with Crippen LogP contribution in [0.1, 0.15) is 22.3 Å². The molecule has 88 valence electrons. The molecule has 0 atom stereocenters. The monoisotopic (exact) mass is 228 g/mol. The third-order valence-corrected chi connectivity index (χ3v) is 2.61. The Morgan fingerprint density at radius 3 is 1.59 bits per heavy atom. The van der Waals surface area contributed by atoms with Gasteiger partial charge < -0.3 is 9.84 Å². The molecule has 0 bridgehead atoms. The third kappa shape index (κ3) is 1.89. The van der Waals surface area contributed by atoms with E-state index in [1.807, 2.05) is 0 Å². The zero-order chi connectivity index (χ0) is 13.0. The number of phenols is 1. The van der Waals surface area contributed by atoms with Gasteiger partial charge >= 0.3 is 0 Å². The summed E-state index contributed by atoms with van der Waals surface area (Å²) in [5.74, 6) is 0.410. The van der Waals surface area contributed by atoms with Crippen LogP contribution in [0.5, 0.6) is 11.5 Å². The SMILES string of the molecule is C=Cc1c(O)c(OC)c(C=C)c(C=C)c1C=C. The summed E-state index contributed by atoms with van der Waals surface area (Å²) in [6.07, 6.45) is 6.52. The maximum absolute atomic E-state index is 10.1. The third-order valence-electron chi connectivity index (χ3n) is 2.61. The molecule has 1 aromatic carbocycles. The highest BCUT2D eigenvalue weighted by molar-refractivity contribution is 5.85. The van der Waals surface area contributed by atoms with Crippen LogP contribution >= 0.6 is 0 Å². The first-order chi connectivity index (χ1) is 8.15. The summed E-state index contributed by atoms with van der Waals surface area (Å²) in [6.45, 7) is 14.9. The van der Waals surface area contributed by atoms with Gasteiger partial charge in [0.25, 0.3) is 0 Å². The summed E-state index contributed by atoms with van der Waals surface area (Å²) in [5, 5.41) is 10.1. The van der Waals surface area contributed by atoms with Gasteiger partial charge in [0.1, 0.15) is 0 Å². The Labute approximate surface area is 102 Å². The molecule has 1 N–H and O–H groups in total. The van der Waals surface area contributed by atoms with E-state index in [4.69, 9.17) is 4.74 Å². The minimum Gasteiger partial charge on any atom is -0.504 e. The quantitative estimate of drug-likeness (QED) is 0.826. The van der Waals surface area contributed by atoms with Crippen LogP contribution in [0.15, 0.2) is 26.3 Å². The molecule has 0 aliphatic carbocycles. The van der Waals surface area contributed by atoms with Gasteiger partial charge in [-0.25, -0.2) is 0 Å². The number of rotatable bonds is 5. The Morgan fingerprint density at radius 2 is 1.24 bits per heavy atom. The number of phenolic OH excluding ortho intramolecular Hbond substituents is 1. The summed E-state index contributed by atoms with van der Waals surface area (Å²) in [5.41, 5.74) is 2.86. The normalized spacial score (nSPS) is 9.47. The van der Waals surface area contributed by atoms with Gasteiger partial charge in [-0.3, -0.25) is 0 Å². The number of hydrogen-bond donors (Lipinski definition) is 1. The van der Waals surface area contributed by atoms with Crippen LogP contribution in [0, 0.1) is 0 Å². The van der Waals surface area contributed by atoms with Gasteiger partial charge in [0.2, 0.25) is 0 Å². The molecule has 2 nitrogen and oxygen atoms in total. The lowest BCUT2D eigenvalue weighted by Crippen LogP contribution is -1.97. The summed E-state index contributed by atoms with van der Waals surface area (Å²) in [4.78, 5) is 0. The number of benzene rings is 1. The van der Waals surface area contributed by atoms with E-state index in [9.17, 15) is 5.11 Å². The highest BCUT2D eigenvalue weighted by atomic mass is 16.5. The zero-order valence-corrected chi connectivity index (χ0v) is 9.99. The Kier molecular flexibility index (Phi) is 3.94. The molecule has 1 rings (SSSR count). The second kappa shape index (κ2) is 5.21. The molecule has 0 saturated heterocycles. The molecule has 0 radical (unpaired) electrons. The lowest BCUT2D eigenvalue weighted by molar-refractivity contribution is 0.372. The smallest absolute Gasteiger partial charge is 0.168 e. The van der Waals surface area contributed by atoms with Crippen molar-refractivity contribution in [2.45, 2.75) is 0 Å². The van der Waals surface area contributed by atoms with Gasteiger partial charge in [-0.05, 0) is 11.1 Å². The highest BCUT2D eigenvalue weighted by Crippen LogP contribution is 2.41. The summed E-state index contributed by atoms with van der Waals surface area (Å²) in [6, 6.07) is 0. The Balaban J connectivity index is 3.91. The fraction of sp³-hybridized carbons (Fsp3) is 0.0667. The summed E-state index contributed by atoms with van der Waals surface area (Å²) >= 11 is 0. The molecule has 2 heteroatoms. The second-order valence-corrected chi connectivity index (χ2v) is 3.35. The van der Waals surface area contributed by atoms with Crippen LogP contribution in [0.3, 0.4) is 0 Å². The van der Waals surface area contributed by atoms with Crippen LogP contribution in [-0.4, -0.2) is 12.2 Å². The minimum absolute atomic E-state index is 0.0397. The van der Waals surface area contributed by atoms with Gasteiger partial charge in [0, 0.05) is 11.1 Å². The van der Waals surface area contributed by atoms with E-state index in [1.54, 1.807) is 24.3 Å². The topological polar surface area (TPSA) is 29.5 Å². The maximum Gasteiger partial charge on any atom is 0.168 e. The molecule has 17 heavy (non-hydrogen) atoms. The number of hydrogen-bond acceptors (Lipinski definition) is 2. The summed E-state index contributed by atoms with van der Waals surface area (Å²) in [7, 11) is 1.50. The maximum atomic E-state index is 10.1. The van der Waals surface area contributed by atoms with Gasteiger partial charge in [-0.15, -0.1) is 0 Å². The van der Waals surface area contributed by atoms with Crippen molar-refractivity contribution < 1.29 is 9.84 Å². The zero-order valence-electron chi connectivity index (χ0n) is 9.99. The van der Waals surface area contributed by atoms with E-state index in [2.05, 4.69) is 26.3 Å². The van der Waals surface area contributed by atoms with Crippen molar-refractivity contribution >= 4 is 24.3 Å². The van der Waals surface area contributed by atoms with E-state index in [1.165, 1.54) is 7.11 Å². The van der Waals surface area contributed by atoms with E-state index >= 15 is 0 Å². The Bertz CT molecular complexity index is 496. The van der Waals surface area contributed by atoms with Crippen LogP contribution in [0.2, 0.25) is 0 Å². The molecule has 0 aromatic heterocycles. The molecule has 0 amide bonds. The molecule has 0 aliphatic heterocycles. The molecule has 0 unspecified atom stereocenters. The molecule has 1 aromatic rings. The number of ether oxygens (including phenoxy) is 1. The van der Waals surface area contributed by atoms with E-state index in [-0.39, 0.29) is 5.75 Å². The van der Waals surface area contributed by atoms with Crippen LogP contribution < -0.4 is 4.74 Å². The fourth-order valence-electron chi connectivity index (χ4n) is 1.85. The lowest BCUT2D eigenvalue weighted by atomic mass is 9.93. The summed E-state index contributed by atoms with van der Waals surface area (Å²) < 4.78 is 5.20. The second-order valence-electron chi connectivity index (χ2n) is 3.35. The minimum atomic E-state index is 0.0397. The van der Waals surface area contributed by atoms with E-state index in [0.717, 1.165) is 11.1 Å². The molecular formula is C15H16O2. The van der Waals surface area contributed by atoms with Crippen molar-refractivity contribution in [3.63, 3.8) is 0 Å². The first kappa shape index (κ1) is 12.8. The van der Waals surface area contributed by atoms with Crippen molar-refractivity contribution in [3.05, 3.63) is 48.6 Å². The van der Waals surface area contributed by atoms with Gasteiger partial charge in [0.15, 0.2) is 11.5 Å². The van der Waals surface area contributed by atoms with Crippen molar-refractivity contribution in [2.75, 3.05) is 7.11 Å². The van der Waals surface area contributed by atoms with Gasteiger partial charge in [0.05, 0.1) is 7.11 Å². The largest absolute Gasteiger partial charge is 0.504 e. The predicted octanol–water partition coefficient (Wildman–Crippen LogP) is 3.97. The van der Waals surface area contributed by atoms with Crippen LogP contribution in [-0.2, 0) is 0 Å². The number of methoxy groups -OCH3 is 1. The van der Waals surface area contributed by atoms with Crippen molar-refractivity contribution in [2.24, 2.45) is 0 Å². The van der Waals surface area contributed by atoms with E-state index in [0.29, 0.717) is 16.9 Å².